The number of carbonyl (C=O) groups is 1. The molecule has 0 aliphatic carbocycles. The van der Waals surface area contributed by atoms with Gasteiger partial charge in [-0.1, -0.05) is 0 Å². The molecule has 6 aliphatic heterocycles. The average Bonchev–Trinajstić information content (AvgIpc) is 2.82. The van der Waals surface area contributed by atoms with Crippen LogP contribution in [0.25, 0.3) is 0 Å². The van der Waals surface area contributed by atoms with E-state index >= 15 is 0 Å². The van der Waals surface area contributed by atoms with Crippen LogP contribution < -0.4 is 5.32 Å². The molecule has 0 aromatic rings. The summed E-state index contributed by atoms with van der Waals surface area (Å²) >= 11 is 0. The minimum Gasteiger partial charge on any atom is -0.394 e. The number of aliphatic hydroxyl groups is 21. The fourth-order valence-corrected chi connectivity index (χ4v) is 10.8. The standard InChI is InChI=1S/C44H79NO42P2/c1-10(50)45-11(2-46)19(52)35(12(51)3-47)84-43-34(67)37(86-44-38(29(62)21(54)14(5-49)79-44)87-42-32(65)28(61)23(56)18(83-42)9-77-89(71,72)73)25(58)16(81-43)7-75-40-33(66)36(85-41-31(64)27(60)22(55)17(82-41)8-76-88(68,69)70)24(57)15(80-40)6-74-39-30(63)26(59)20(53)13(4-48)78-39/h11-44,46-49,51-67H,2-9H2,1H3,(H,45,50)(H2,68,69,70)(H2,71,72,73)/t11-,12+,13+,14+,15+,16+,17+,18+,19+,20+,21+,22+,23+,24+,25+,26-,27-,28-,29-,30-,31-,32-,33-,34-,35+,36-,37-,38-,39-,40-,41+,42+,43-,44+/m0/s1. The van der Waals surface area contributed by atoms with Crippen LogP contribution >= 0.6 is 15.6 Å². The van der Waals surface area contributed by atoms with Crippen LogP contribution in [-0.2, 0) is 79.8 Å². The summed E-state index contributed by atoms with van der Waals surface area (Å²) in [6.45, 7) is -8.15. The van der Waals surface area contributed by atoms with Gasteiger partial charge in [-0.3, -0.25) is 13.8 Å². The first-order chi connectivity index (χ1) is 41.6. The van der Waals surface area contributed by atoms with Gasteiger partial charge in [0.05, 0.1) is 58.9 Å². The van der Waals surface area contributed by atoms with E-state index < -0.39 is 283 Å². The zero-order valence-corrected chi connectivity index (χ0v) is 48.1. The maximum atomic E-state index is 12.1. The Labute approximate surface area is 501 Å². The third kappa shape index (κ3) is 18.9. The molecule has 43 nitrogen and oxygen atoms in total. The molecule has 6 fully saturated rings. The summed E-state index contributed by atoms with van der Waals surface area (Å²) in [6.07, 6.45) is -72.6. The van der Waals surface area contributed by atoms with Gasteiger partial charge in [0, 0.05) is 6.92 Å². The second-order valence-electron chi connectivity index (χ2n) is 21.4. The zero-order valence-electron chi connectivity index (χ0n) is 46.3. The van der Waals surface area contributed by atoms with Crippen LogP contribution in [0, 0.1) is 0 Å². The summed E-state index contributed by atoms with van der Waals surface area (Å²) in [6, 6.07) is -1.73. The van der Waals surface area contributed by atoms with Crippen molar-refractivity contribution in [3.8, 4) is 0 Å². The van der Waals surface area contributed by atoms with Crippen LogP contribution in [0.2, 0.25) is 0 Å². The molecule has 0 aromatic carbocycles. The molecule has 6 heterocycles. The van der Waals surface area contributed by atoms with Crippen molar-refractivity contribution in [1.82, 2.24) is 5.32 Å². The lowest BCUT2D eigenvalue weighted by molar-refractivity contribution is -0.395. The summed E-state index contributed by atoms with van der Waals surface area (Å²) in [4.78, 5) is 49.1. The Hall–Kier alpha value is -1.63. The second kappa shape index (κ2) is 32.9. The molecule has 26 N–H and O–H groups in total. The van der Waals surface area contributed by atoms with E-state index in [2.05, 4.69) is 14.4 Å². The minimum absolute atomic E-state index is 0.867. The molecule has 0 aromatic heterocycles. The highest BCUT2D eigenvalue weighted by Crippen LogP contribution is 2.40. The number of rotatable bonds is 28. The van der Waals surface area contributed by atoms with E-state index in [0.29, 0.717) is 0 Å². The number of aliphatic hydroxyl groups excluding tert-OH is 21. The Bertz CT molecular complexity index is 2260. The third-order valence-corrected chi connectivity index (χ3v) is 16.0. The normalized spacial score (nSPS) is 44.9. The van der Waals surface area contributed by atoms with Crippen molar-refractivity contribution in [1.29, 1.82) is 0 Å². The van der Waals surface area contributed by atoms with Crippen LogP contribution in [0.1, 0.15) is 6.92 Å². The highest BCUT2D eigenvalue weighted by molar-refractivity contribution is 7.46. The van der Waals surface area contributed by atoms with Gasteiger partial charge >= 0.3 is 15.6 Å². The maximum Gasteiger partial charge on any atom is 0.469 e. The van der Waals surface area contributed by atoms with Crippen LogP contribution in [0.15, 0.2) is 0 Å². The van der Waals surface area contributed by atoms with Crippen molar-refractivity contribution in [2.24, 2.45) is 0 Å². The van der Waals surface area contributed by atoms with Crippen molar-refractivity contribution in [2.75, 3.05) is 52.9 Å². The predicted octanol–water partition coefficient (Wildman–Crippen LogP) is -16.3. The summed E-state index contributed by atoms with van der Waals surface area (Å²) in [5, 5.41) is 230. The van der Waals surface area contributed by atoms with Gasteiger partial charge in [0.2, 0.25) is 5.91 Å². The Morgan fingerprint density at radius 1 is 0.416 bits per heavy atom. The summed E-state index contributed by atoms with van der Waals surface area (Å²) in [5.74, 6) is -0.867. The second-order valence-corrected chi connectivity index (χ2v) is 23.8. The fourth-order valence-electron chi connectivity index (χ4n) is 10.1. The monoisotopic (exact) mass is 1360 g/mol. The Balaban J connectivity index is 1.35. The van der Waals surface area contributed by atoms with E-state index in [0.717, 1.165) is 6.92 Å². The van der Waals surface area contributed by atoms with Gasteiger partial charge in [-0.2, -0.15) is 0 Å². The number of hydrogen-bond acceptors (Lipinski definition) is 38. The molecule has 0 unspecified atom stereocenters. The third-order valence-electron chi connectivity index (χ3n) is 15.0. The van der Waals surface area contributed by atoms with E-state index in [-0.39, 0.29) is 0 Å². The SMILES string of the molecule is CC(=O)N[C@@H](CO)[C@@H](O)[C@H](O[C@@H]1O[C@H](CO[C@H]2O[C@H](CO[C@H]3O[C@H](CO)[C@@H](O)[C@H](O)[C@@H]3O)[C@@H](O)[C@H](O[C@H]3O[C@H](COP(=O)(O)O)[C@@H](O)[C@H](O)[C@@H]3O)[C@@H]2O)[C@@H](O)[C@H](O[C@H]2O[C@H](CO)[C@@H](O)[C@H](O)[C@@H]2O[C@H]2O[C@H](COP(=O)(O)O)[C@@H](O)[C@H](O)[C@@H]2O)[C@@H]1O)[C@H](O)CO. The smallest absolute Gasteiger partial charge is 0.394 e. The molecule has 34 atom stereocenters. The molecule has 6 rings (SSSR count). The molecule has 0 radical (unpaired) electrons. The maximum absolute atomic E-state index is 12.1. The molecule has 0 bridgehead atoms. The van der Waals surface area contributed by atoms with Gasteiger partial charge < -0.3 is 189 Å². The molecule has 6 aliphatic rings. The number of hydrogen-bond donors (Lipinski definition) is 26. The highest BCUT2D eigenvalue weighted by atomic mass is 31.2. The molecule has 89 heavy (non-hydrogen) atoms. The van der Waals surface area contributed by atoms with Gasteiger partial charge in [0.25, 0.3) is 0 Å². The Morgan fingerprint density at radius 2 is 0.764 bits per heavy atom. The number of phosphoric acid groups is 2. The van der Waals surface area contributed by atoms with Crippen molar-refractivity contribution < 1.29 is 207 Å². The number of nitrogens with one attached hydrogen (secondary N) is 1. The molecule has 45 heteroatoms. The summed E-state index contributed by atoms with van der Waals surface area (Å²) in [5.41, 5.74) is 0. The first-order valence-electron chi connectivity index (χ1n) is 27.0. The van der Waals surface area contributed by atoms with Gasteiger partial charge in [-0.15, -0.1) is 0 Å². The molecule has 1 amide bonds. The topological polar surface area (TPSA) is 698 Å². The number of amides is 1. The first-order valence-corrected chi connectivity index (χ1v) is 30.1. The Morgan fingerprint density at radius 3 is 1.19 bits per heavy atom. The molecular weight excluding hydrogens is 1280 g/mol. The lowest BCUT2D eigenvalue weighted by Crippen LogP contribution is -2.68. The lowest BCUT2D eigenvalue weighted by atomic mass is 9.95. The van der Waals surface area contributed by atoms with Crippen molar-refractivity contribution in [3.05, 3.63) is 0 Å². The van der Waals surface area contributed by atoms with E-state index in [1.165, 1.54) is 0 Å². The lowest BCUT2D eigenvalue weighted by Gasteiger charge is -2.49. The summed E-state index contributed by atoms with van der Waals surface area (Å²) < 4.78 is 99.7. The molecule has 0 spiro atoms. The van der Waals surface area contributed by atoms with Crippen LogP contribution in [0.5, 0.6) is 0 Å². The molecule has 0 saturated carbocycles. The Kier molecular flexibility index (Phi) is 28.2. The summed E-state index contributed by atoms with van der Waals surface area (Å²) in [7, 11) is -10.6. The quantitative estimate of drug-likeness (QED) is 0.0324. The van der Waals surface area contributed by atoms with E-state index in [9.17, 15) is 141 Å². The van der Waals surface area contributed by atoms with Crippen LogP contribution in [0.4, 0.5) is 0 Å². The fraction of sp³-hybridized carbons (Fsp3) is 0.977. The predicted molar refractivity (Wildman–Crippen MR) is 267 cm³/mol. The van der Waals surface area contributed by atoms with Crippen molar-refractivity contribution >= 4 is 21.6 Å². The van der Waals surface area contributed by atoms with Crippen molar-refractivity contribution in [3.63, 3.8) is 0 Å². The number of ether oxygens (including phenoxy) is 12. The largest absolute Gasteiger partial charge is 0.469 e. The molecular formula is C44H79NO42P2. The van der Waals surface area contributed by atoms with Crippen LogP contribution in [0.3, 0.4) is 0 Å². The molecule has 522 valence electrons. The van der Waals surface area contributed by atoms with E-state index in [1.807, 2.05) is 0 Å². The highest BCUT2D eigenvalue weighted by Gasteiger charge is 2.57. The average molecular weight is 1360 g/mol. The zero-order chi connectivity index (χ0) is 66.5. The first kappa shape index (κ1) is 76.4. The van der Waals surface area contributed by atoms with Gasteiger partial charge in [0.1, 0.15) is 165 Å². The van der Waals surface area contributed by atoms with E-state index in [4.69, 9.17) is 56.8 Å². The van der Waals surface area contributed by atoms with Gasteiger partial charge in [0.15, 0.2) is 37.7 Å². The van der Waals surface area contributed by atoms with Crippen LogP contribution in [-0.4, -0.2) is 394 Å². The minimum atomic E-state index is -5.30. The number of phosphoric ester groups is 2. The van der Waals surface area contributed by atoms with Crippen molar-refractivity contribution in [2.45, 2.75) is 216 Å². The van der Waals surface area contributed by atoms with Gasteiger partial charge in [-0.25, -0.2) is 9.13 Å². The van der Waals surface area contributed by atoms with Gasteiger partial charge in [-0.05, 0) is 0 Å². The number of carbonyl (C=O) groups excluding carboxylic acids is 1. The van der Waals surface area contributed by atoms with E-state index in [1.54, 1.807) is 0 Å². The molecule has 6 saturated heterocycles.